The summed E-state index contributed by atoms with van der Waals surface area (Å²) in [4.78, 5) is 17.8. The van der Waals surface area contributed by atoms with Gasteiger partial charge in [-0.2, -0.15) is 9.89 Å². The lowest BCUT2D eigenvalue weighted by molar-refractivity contribution is 0.0343. The third-order valence-corrected chi connectivity index (χ3v) is 9.69. The van der Waals surface area contributed by atoms with Crippen LogP contribution in [0.15, 0.2) is 82.7 Å². The van der Waals surface area contributed by atoms with E-state index in [1.807, 2.05) is 36.3 Å². The van der Waals surface area contributed by atoms with Gasteiger partial charge in [0.2, 0.25) is 9.84 Å². The summed E-state index contributed by atoms with van der Waals surface area (Å²) >= 11 is 6.05. The molecule has 2 atom stereocenters. The maximum Gasteiger partial charge on any atom is 0.255 e. The van der Waals surface area contributed by atoms with Gasteiger partial charge in [-0.25, -0.2) is 8.42 Å². The predicted molar refractivity (Wildman–Crippen MR) is 162 cm³/mol. The normalized spacial score (nSPS) is 20.0. The van der Waals surface area contributed by atoms with Crippen molar-refractivity contribution >= 4 is 43.9 Å². The van der Waals surface area contributed by atoms with Crippen molar-refractivity contribution in [1.82, 2.24) is 20.1 Å². The van der Waals surface area contributed by atoms with Crippen LogP contribution in [0.25, 0.3) is 10.9 Å². The monoisotopic (exact) mass is 608 g/mol. The standard InChI is InChI=1S/C30H33ClN6O4S/c1-35-14-15-36(28(20-35)34-30(38)25-9-2-3-10-26(25)33-29-11-4-5-16-41-29)37-27-13-12-24(17-21(27)19-32-37)42(39,40)23-8-6-7-22(31)18-23/h2-3,6-10,12-13,17-19,28-29,33H,4-5,11,14-16,20H2,1H3,(H,34,38). The number of para-hydroxylation sites is 1. The van der Waals surface area contributed by atoms with Crippen molar-refractivity contribution in [2.45, 2.75) is 41.4 Å². The summed E-state index contributed by atoms with van der Waals surface area (Å²) in [5.74, 6) is -0.203. The average molecular weight is 609 g/mol. The minimum atomic E-state index is -3.76. The van der Waals surface area contributed by atoms with Crippen LogP contribution >= 0.6 is 11.6 Å². The predicted octanol–water partition coefficient (Wildman–Crippen LogP) is 4.10. The Bertz CT molecular complexity index is 1700. The van der Waals surface area contributed by atoms with E-state index in [-0.39, 0.29) is 28.1 Å². The number of fused-ring (bicyclic) bond motifs is 1. The van der Waals surface area contributed by atoms with E-state index in [0.717, 1.165) is 37.0 Å². The van der Waals surface area contributed by atoms with Crippen molar-refractivity contribution in [2.24, 2.45) is 0 Å². The van der Waals surface area contributed by atoms with Crippen molar-refractivity contribution in [3.05, 3.63) is 83.5 Å². The molecule has 2 fully saturated rings. The Kier molecular flexibility index (Phi) is 8.09. The Labute approximate surface area is 250 Å². The minimum absolute atomic E-state index is 0.118. The Morgan fingerprint density at radius 1 is 1.02 bits per heavy atom. The molecular weight excluding hydrogens is 576 g/mol. The summed E-state index contributed by atoms with van der Waals surface area (Å²) in [5, 5.41) is 14.2. The first-order valence-corrected chi connectivity index (χ1v) is 15.9. The number of piperazine rings is 1. The Hall–Kier alpha value is -3.64. The lowest BCUT2D eigenvalue weighted by Crippen LogP contribution is -2.63. The molecule has 2 saturated heterocycles. The number of nitrogens with zero attached hydrogens (tertiary/aromatic N) is 4. The van der Waals surface area contributed by atoms with Crippen molar-refractivity contribution in [3.63, 3.8) is 0 Å². The third-order valence-electron chi connectivity index (χ3n) is 7.70. The first kappa shape index (κ1) is 28.5. The number of hydrogen-bond acceptors (Lipinski definition) is 8. The molecule has 10 nitrogen and oxygen atoms in total. The number of halogens is 1. The molecule has 0 spiro atoms. The molecule has 6 rings (SSSR count). The second kappa shape index (κ2) is 11.9. The third kappa shape index (κ3) is 5.82. The van der Waals surface area contributed by atoms with Gasteiger partial charge in [-0.15, -0.1) is 0 Å². The SMILES string of the molecule is CN1CCN(n2ncc3cc(S(=O)(=O)c4cccc(Cl)c4)ccc32)C(NC(=O)c2ccccc2NC2CCCCO2)C1. The van der Waals surface area contributed by atoms with Gasteiger partial charge in [-0.1, -0.05) is 29.8 Å². The highest BCUT2D eigenvalue weighted by Gasteiger charge is 2.30. The number of carbonyl (C=O) groups excluding carboxylic acids is 1. The first-order valence-electron chi connectivity index (χ1n) is 14.0. The quantitative estimate of drug-likeness (QED) is 0.323. The number of amides is 1. The van der Waals surface area contributed by atoms with E-state index in [1.54, 1.807) is 41.3 Å². The molecule has 42 heavy (non-hydrogen) atoms. The molecule has 0 aliphatic carbocycles. The molecule has 12 heteroatoms. The number of likely N-dealkylation sites (N-methyl/N-ethyl adjacent to an activating group) is 1. The number of benzene rings is 3. The molecule has 4 aromatic rings. The highest BCUT2D eigenvalue weighted by Crippen LogP contribution is 2.27. The van der Waals surface area contributed by atoms with Crippen molar-refractivity contribution in [2.75, 3.05) is 43.6 Å². The average Bonchev–Trinajstić information content (AvgIpc) is 3.41. The Balaban J connectivity index is 1.25. The van der Waals surface area contributed by atoms with Gasteiger partial charge in [0.25, 0.3) is 5.91 Å². The summed E-state index contributed by atoms with van der Waals surface area (Å²) in [6.07, 6.45) is 4.17. The Morgan fingerprint density at radius 3 is 2.67 bits per heavy atom. The number of hydrogen-bond donors (Lipinski definition) is 2. The molecule has 2 unspecified atom stereocenters. The van der Waals surface area contributed by atoms with Crippen molar-refractivity contribution in [1.29, 1.82) is 0 Å². The van der Waals surface area contributed by atoms with Crippen LogP contribution in [0.3, 0.4) is 0 Å². The summed E-state index contributed by atoms with van der Waals surface area (Å²) in [6, 6.07) is 18.6. The maximum absolute atomic E-state index is 13.6. The van der Waals surface area contributed by atoms with Crippen LogP contribution in [-0.4, -0.2) is 74.8 Å². The number of rotatable bonds is 7. The largest absolute Gasteiger partial charge is 0.359 e. The lowest BCUT2D eigenvalue weighted by atomic mass is 10.1. The molecule has 3 heterocycles. The fourth-order valence-corrected chi connectivity index (χ4v) is 7.06. The van der Waals surface area contributed by atoms with Crippen LogP contribution in [0, 0.1) is 0 Å². The molecule has 1 aromatic heterocycles. The zero-order valence-electron chi connectivity index (χ0n) is 23.2. The molecular formula is C30H33ClN6O4S. The van der Waals surface area contributed by atoms with E-state index in [1.165, 1.54) is 12.1 Å². The van der Waals surface area contributed by atoms with Gasteiger partial charge in [0.05, 0.1) is 33.6 Å². The van der Waals surface area contributed by atoms with Gasteiger partial charge in [0, 0.05) is 35.8 Å². The number of carbonyl (C=O) groups is 1. The number of sulfone groups is 1. The molecule has 220 valence electrons. The molecule has 2 aliphatic rings. The molecule has 1 amide bonds. The minimum Gasteiger partial charge on any atom is -0.359 e. The number of ether oxygens (including phenoxy) is 1. The van der Waals surface area contributed by atoms with E-state index in [4.69, 9.17) is 16.3 Å². The molecule has 0 bridgehead atoms. The zero-order chi connectivity index (χ0) is 29.3. The number of anilines is 1. The van der Waals surface area contributed by atoms with E-state index in [9.17, 15) is 13.2 Å². The molecule has 2 N–H and O–H groups in total. The highest BCUT2D eigenvalue weighted by atomic mass is 35.5. The number of aromatic nitrogens is 2. The summed E-state index contributed by atoms with van der Waals surface area (Å²) in [7, 11) is -1.75. The Morgan fingerprint density at radius 2 is 1.86 bits per heavy atom. The second-order valence-electron chi connectivity index (χ2n) is 10.7. The van der Waals surface area contributed by atoms with Gasteiger partial charge in [0.1, 0.15) is 12.4 Å². The van der Waals surface area contributed by atoms with Crippen LogP contribution in [0.4, 0.5) is 5.69 Å². The first-order chi connectivity index (χ1) is 20.3. The van der Waals surface area contributed by atoms with Crippen LogP contribution in [0.5, 0.6) is 0 Å². The molecule has 2 aliphatic heterocycles. The summed E-state index contributed by atoms with van der Waals surface area (Å²) < 4.78 is 32.4. The molecule has 0 saturated carbocycles. The van der Waals surface area contributed by atoms with Gasteiger partial charge < -0.3 is 20.3 Å². The van der Waals surface area contributed by atoms with Gasteiger partial charge in [-0.3, -0.25) is 9.80 Å². The van der Waals surface area contributed by atoms with Gasteiger partial charge in [-0.05, 0) is 74.8 Å². The van der Waals surface area contributed by atoms with Crippen molar-refractivity contribution in [3.8, 4) is 0 Å². The van der Waals surface area contributed by atoms with E-state index in [2.05, 4.69) is 20.6 Å². The van der Waals surface area contributed by atoms with Gasteiger partial charge in [0.15, 0.2) is 0 Å². The topological polar surface area (TPSA) is 109 Å². The summed E-state index contributed by atoms with van der Waals surface area (Å²) in [6.45, 7) is 2.67. The van der Waals surface area contributed by atoms with Crippen LogP contribution in [-0.2, 0) is 14.6 Å². The fourth-order valence-electron chi connectivity index (χ4n) is 5.46. The highest BCUT2D eigenvalue weighted by molar-refractivity contribution is 7.91. The smallest absolute Gasteiger partial charge is 0.255 e. The van der Waals surface area contributed by atoms with E-state index < -0.39 is 9.84 Å². The molecule has 3 aromatic carbocycles. The van der Waals surface area contributed by atoms with Crippen molar-refractivity contribution < 1.29 is 17.9 Å². The fraction of sp³-hybridized carbons (Fsp3) is 0.333. The summed E-state index contributed by atoms with van der Waals surface area (Å²) in [5.41, 5.74) is 2.01. The lowest BCUT2D eigenvalue weighted by Gasteiger charge is -2.41. The van der Waals surface area contributed by atoms with Gasteiger partial charge >= 0.3 is 0 Å². The molecule has 0 radical (unpaired) electrons. The number of nitrogens with one attached hydrogen (secondary N) is 2. The second-order valence-corrected chi connectivity index (χ2v) is 13.1. The van der Waals surface area contributed by atoms with E-state index in [0.29, 0.717) is 35.7 Å². The van der Waals surface area contributed by atoms with E-state index >= 15 is 0 Å². The zero-order valence-corrected chi connectivity index (χ0v) is 24.8. The van der Waals surface area contributed by atoms with Crippen LogP contribution in [0.2, 0.25) is 5.02 Å². The maximum atomic E-state index is 13.6. The van der Waals surface area contributed by atoms with Crippen LogP contribution < -0.4 is 15.6 Å². The van der Waals surface area contributed by atoms with Crippen LogP contribution in [0.1, 0.15) is 29.6 Å².